The van der Waals surface area contributed by atoms with Crippen LogP contribution < -0.4 is 5.32 Å². The van der Waals surface area contributed by atoms with Gasteiger partial charge in [0.05, 0.1) is 11.8 Å². The van der Waals surface area contributed by atoms with Crippen LogP contribution in [0.1, 0.15) is 26.0 Å². The van der Waals surface area contributed by atoms with Gasteiger partial charge in [-0.2, -0.15) is 0 Å². The molecule has 7 heteroatoms. The van der Waals surface area contributed by atoms with Gasteiger partial charge in [0, 0.05) is 6.04 Å². The highest BCUT2D eigenvalue weighted by Gasteiger charge is 2.19. The second-order valence-corrected chi connectivity index (χ2v) is 3.94. The summed E-state index contributed by atoms with van der Waals surface area (Å²) in [5.41, 5.74) is 0.521. The SMILES string of the molecule is CCC(C)NC(=O)Cn1nc(C)cc1[N+](=O)[O-]. The van der Waals surface area contributed by atoms with Crippen molar-refractivity contribution in [2.24, 2.45) is 0 Å². The Kier molecular flexibility index (Phi) is 4.19. The number of nitro groups is 1. The molecule has 7 nitrogen and oxygen atoms in total. The molecule has 1 rings (SSSR count). The van der Waals surface area contributed by atoms with Crippen LogP contribution >= 0.6 is 0 Å². The molecule has 1 amide bonds. The maximum atomic E-state index is 11.6. The minimum absolute atomic E-state index is 0.0539. The molecule has 0 aliphatic carbocycles. The van der Waals surface area contributed by atoms with Crippen molar-refractivity contribution in [2.75, 3.05) is 0 Å². The van der Waals surface area contributed by atoms with E-state index < -0.39 is 4.92 Å². The van der Waals surface area contributed by atoms with Crippen LogP contribution in [0.2, 0.25) is 0 Å². The predicted octanol–water partition coefficient (Wildman–Crippen LogP) is 1.01. The van der Waals surface area contributed by atoms with Gasteiger partial charge in [0.15, 0.2) is 6.54 Å². The van der Waals surface area contributed by atoms with Crippen LogP contribution in [0.4, 0.5) is 5.82 Å². The minimum atomic E-state index is -0.545. The van der Waals surface area contributed by atoms with Crippen molar-refractivity contribution in [2.45, 2.75) is 39.8 Å². The highest BCUT2D eigenvalue weighted by molar-refractivity contribution is 5.76. The third-order valence-electron chi connectivity index (χ3n) is 2.38. The molecule has 0 fully saturated rings. The van der Waals surface area contributed by atoms with E-state index >= 15 is 0 Å². The largest absolute Gasteiger partial charge is 0.358 e. The molecule has 1 unspecified atom stereocenters. The summed E-state index contributed by atoms with van der Waals surface area (Å²) in [6.45, 7) is 5.34. The van der Waals surface area contributed by atoms with E-state index in [4.69, 9.17) is 0 Å². The van der Waals surface area contributed by atoms with Gasteiger partial charge in [-0.3, -0.25) is 4.79 Å². The summed E-state index contributed by atoms with van der Waals surface area (Å²) in [5.74, 6) is -0.438. The monoisotopic (exact) mass is 240 g/mol. The first-order chi connectivity index (χ1) is 7.93. The minimum Gasteiger partial charge on any atom is -0.358 e. The van der Waals surface area contributed by atoms with Crippen molar-refractivity contribution in [3.8, 4) is 0 Å². The van der Waals surface area contributed by atoms with Gasteiger partial charge in [-0.15, -0.1) is 4.68 Å². The van der Waals surface area contributed by atoms with E-state index in [1.54, 1.807) is 6.92 Å². The van der Waals surface area contributed by atoms with E-state index in [0.29, 0.717) is 5.69 Å². The molecule has 0 saturated heterocycles. The molecule has 0 bridgehead atoms. The zero-order valence-electron chi connectivity index (χ0n) is 10.1. The van der Waals surface area contributed by atoms with Crippen LogP contribution in [-0.2, 0) is 11.3 Å². The average molecular weight is 240 g/mol. The highest BCUT2D eigenvalue weighted by atomic mass is 16.6. The summed E-state index contributed by atoms with van der Waals surface area (Å²) in [6.07, 6.45) is 0.811. The topological polar surface area (TPSA) is 90.1 Å². The summed E-state index contributed by atoms with van der Waals surface area (Å²) in [4.78, 5) is 21.7. The molecule has 0 radical (unpaired) electrons. The Hall–Kier alpha value is -1.92. The molecule has 0 aliphatic heterocycles. The standard InChI is InChI=1S/C10H16N4O3/c1-4-7(2)11-9(15)6-13-10(14(16)17)5-8(3)12-13/h5,7H,4,6H2,1-3H3,(H,11,15). The third kappa shape index (κ3) is 3.54. The molecule has 1 N–H and O–H groups in total. The highest BCUT2D eigenvalue weighted by Crippen LogP contribution is 2.12. The van der Waals surface area contributed by atoms with Crippen LogP contribution in [0.25, 0.3) is 0 Å². The first-order valence-electron chi connectivity index (χ1n) is 5.42. The Bertz CT molecular complexity index is 427. The number of amides is 1. The number of hydrogen-bond donors (Lipinski definition) is 1. The molecule has 94 valence electrons. The third-order valence-corrected chi connectivity index (χ3v) is 2.38. The summed E-state index contributed by atoms with van der Waals surface area (Å²) < 4.78 is 1.10. The normalized spacial score (nSPS) is 12.2. The maximum Gasteiger partial charge on any atom is 0.345 e. The number of carbonyl (C=O) groups is 1. The number of carbonyl (C=O) groups excluding carboxylic acids is 1. The van der Waals surface area contributed by atoms with Crippen molar-refractivity contribution < 1.29 is 9.72 Å². The van der Waals surface area contributed by atoms with Gasteiger partial charge in [0.2, 0.25) is 0 Å². The smallest absolute Gasteiger partial charge is 0.345 e. The number of nitrogens with one attached hydrogen (secondary N) is 1. The fourth-order valence-electron chi connectivity index (χ4n) is 1.35. The van der Waals surface area contributed by atoms with Gasteiger partial charge in [-0.05, 0) is 25.2 Å². The summed E-state index contributed by atoms with van der Waals surface area (Å²) in [6, 6.07) is 1.40. The van der Waals surface area contributed by atoms with E-state index in [1.807, 2.05) is 13.8 Å². The molecule has 1 heterocycles. The lowest BCUT2D eigenvalue weighted by atomic mass is 10.2. The maximum absolute atomic E-state index is 11.6. The van der Waals surface area contributed by atoms with Gasteiger partial charge >= 0.3 is 5.82 Å². The van der Waals surface area contributed by atoms with E-state index in [9.17, 15) is 14.9 Å². The first-order valence-corrected chi connectivity index (χ1v) is 5.42. The lowest BCUT2D eigenvalue weighted by Crippen LogP contribution is -2.35. The van der Waals surface area contributed by atoms with Crippen molar-refractivity contribution in [3.63, 3.8) is 0 Å². The fourth-order valence-corrected chi connectivity index (χ4v) is 1.35. The first kappa shape index (κ1) is 13.1. The molecule has 0 aliphatic rings. The van der Waals surface area contributed by atoms with Gasteiger partial charge in [0.25, 0.3) is 5.91 Å². The molecule has 1 atom stereocenters. The van der Waals surface area contributed by atoms with Crippen LogP contribution in [-0.4, -0.2) is 26.7 Å². The second kappa shape index (κ2) is 5.42. The van der Waals surface area contributed by atoms with Crippen molar-refractivity contribution in [1.29, 1.82) is 0 Å². The van der Waals surface area contributed by atoms with Gasteiger partial charge in [-0.25, -0.2) is 0 Å². The molecule has 1 aromatic rings. The van der Waals surface area contributed by atoms with Crippen LogP contribution in [0, 0.1) is 17.0 Å². The number of rotatable bonds is 5. The Morgan fingerprint density at radius 2 is 2.35 bits per heavy atom. The fraction of sp³-hybridized carbons (Fsp3) is 0.600. The molecule has 17 heavy (non-hydrogen) atoms. The molecule has 0 aromatic carbocycles. The zero-order valence-corrected chi connectivity index (χ0v) is 10.1. The van der Waals surface area contributed by atoms with E-state index in [2.05, 4.69) is 10.4 Å². The summed E-state index contributed by atoms with van der Waals surface area (Å²) in [5, 5.41) is 17.4. The molecular formula is C10H16N4O3. The number of nitrogens with zero attached hydrogens (tertiary/aromatic N) is 3. The van der Waals surface area contributed by atoms with Crippen LogP contribution in [0.15, 0.2) is 6.07 Å². The predicted molar refractivity (Wildman–Crippen MR) is 61.5 cm³/mol. The molecule has 0 saturated carbocycles. The molecule has 1 aromatic heterocycles. The van der Waals surface area contributed by atoms with Crippen molar-refractivity contribution in [1.82, 2.24) is 15.1 Å². The Balaban J connectivity index is 2.74. The van der Waals surface area contributed by atoms with E-state index in [0.717, 1.165) is 11.1 Å². The van der Waals surface area contributed by atoms with Crippen molar-refractivity contribution in [3.05, 3.63) is 21.9 Å². The summed E-state index contributed by atoms with van der Waals surface area (Å²) in [7, 11) is 0. The van der Waals surface area contributed by atoms with E-state index in [-0.39, 0.29) is 24.3 Å². The Morgan fingerprint density at radius 1 is 1.71 bits per heavy atom. The Labute approximate surface area is 99.0 Å². The molecular weight excluding hydrogens is 224 g/mol. The lowest BCUT2D eigenvalue weighted by molar-refractivity contribution is -0.392. The zero-order chi connectivity index (χ0) is 13.0. The lowest BCUT2D eigenvalue weighted by Gasteiger charge is -2.09. The quantitative estimate of drug-likeness (QED) is 0.614. The summed E-state index contributed by atoms with van der Waals surface area (Å²) >= 11 is 0. The van der Waals surface area contributed by atoms with Gasteiger partial charge in [-0.1, -0.05) is 12.0 Å². The number of hydrogen-bond acceptors (Lipinski definition) is 4. The van der Waals surface area contributed by atoms with Crippen molar-refractivity contribution >= 4 is 11.7 Å². The average Bonchev–Trinajstić information content (AvgIpc) is 2.59. The van der Waals surface area contributed by atoms with Crippen LogP contribution in [0.5, 0.6) is 0 Å². The molecule has 0 spiro atoms. The van der Waals surface area contributed by atoms with Gasteiger partial charge in [0.1, 0.15) is 0 Å². The van der Waals surface area contributed by atoms with Crippen LogP contribution in [0.3, 0.4) is 0 Å². The second-order valence-electron chi connectivity index (χ2n) is 3.94. The Morgan fingerprint density at radius 3 is 2.88 bits per heavy atom. The van der Waals surface area contributed by atoms with Gasteiger partial charge < -0.3 is 15.4 Å². The van der Waals surface area contributed by atoms with E-state index in [1.165, 1.54) is 6.07 Å². The number of aromatic nitrogens is 2. The number of aryl methyl sites for hydroxylation is 1.